The molecule has 0 aliphatic carbocycles. The normalized spacial score (nSPS) is 12.2. The van der Waals surface area contributed by atoms with Crippen LogP contribution < -0.4 is 11.1 Å². The summed E-state index contributed by atoms with van der Waals surface area (Å²) < 4.78 is 0. The van der Waals surface area contributed by atoms with Crippen LogP contribution in [0.1, 0.15) is 49.0 Å². The molecule has 106 valence electrons. The fourth-order valence-corrected chi connectivity index (χ4v) is 2.37. The van der Waals surface area contributed by atoms with Gasteiger partial charge in [-0.1, -0.05) is 38.5 Å². The van der Waals surface area contributed by atoms with Crippen LogP contribution in [0.5, 0.6) is 0 Å². The van der Waals surface area contributed by atoms with Crippen LogP contribution in [0.25, 0.3) is 0 Å². The number of rotatable bonds is 8. The molecule has 0 spiro atoms. The number of aryl methyl sites for hydroxylation is 1. The van der Waals surface area contributed by atoms with Gasteiger partial charge in [0, 0.05) is 12.1 Å². The Labute approximate surface area is 116 Å². The van der Waals surface area contributed by atoms with Gasteiger partial charge in [-0.15, -0.1) is 0 Å². The fourth-order valence-electron chi connectivity index (χ4n) is 2.37. The van der Waals surface area contributed by atoms with Crippen LogP contribution in [0.2, 0.25) is 0 Å². The second-order valence-electron chi connectivity index (χ2n) is 4.95. The van der Waals surface area contributed by atoms with Gasteiger partial charge in [-0.05, 0) is 43.4 Å². The number of nitrogens with one attached hydrogen (secondary N) is 1. The predicted octanol–water partition coefficient (Wildman–Crippen LogP) is 2.74. The first-order valence-electron chi connectivity index (χ1n) is 7.29. The van der Waals surface area contributed by atoms with E-state index in [0.717, 1.165) is 43.4 Å². The van der Waals surface area contributed by atoms with Crippen molar-refractivity contribution in [3.05, 3.63) is 35.4 Å². The summed E-state index contributed by atoms with van der Waals surface area (Å²) in [5.74, 6) is 0.531. The molecule has 3 N–H and O–H groups in total. The number of carbonyl (C=O) groups is 1. The lowest BCUT2D eigenvalue weighted by Crippen LogP contribution is -2.31. The number of nitrogens with two attached hydrogens (primary N) is 1. The zero-order valence-corrected chi connectivity index (χ0v) is 12.1. The first kappa shape index (κ1) is 15.7. The minimum atomic E-state index is 0.0376. The molecule has 1 unspecified atom stereocenters. The Morgan fingerprint density at radius 1 is 1.26 bits per heavy atom. The third-order valence-corrected chi connectivity index (χ3v) is 3.47. The van der Waals surface area contributed by atoms with Crippen molar-refractivity contribution in [2.75, 3.05) is 13.1 Å². The summed E-state index contributed by atoms with van der Waals surface area (Å²) in [5.41, 5.74) is 7.51. The van der Waals surface area contributed by atoms with Crippen LogP contribution in [0, 0.1) is 5.92 Å². The van der Waals surface area contributed by atoms with E-state index >= 15 is 0 Å². The van der Waals surface area contributed by atoms with Crippen molar-refractivity contribution >= 4 is 5.91 Å². The summed E-state index contributed by atoms with van der Waals surface area (Å²) in [7, 11) is 0. The molecule has 1 aromatic rings. The quantitative estimate of drug-likeness (QED) is 0.757. The molecule has 0 bridgehead atoms. The van der Waals surface area contributed by atoms with E-state index < -0.39 is 0 Å². The van der Waals surface area contributed by atoms with Crippen molar-refractivity contribution in [3.8, 4) is 0 Å². The highest BCUT2D eigenvalue weighted by Crippen LogP contribution is 2.12. The first-order chi connectivity index (χ1) is 9.22. The van der Waals surface area contributed by atoms with Crippen LogP contribution >= 0.6 is 0 Å². The second kappa shape index (κ2) is 8.70. The Bertz CT molecular complexity index is 384. The molecule has 1 aromatic carbocycles. The molecule has 0 radical (unpaired) electrons. The van der Waals surface area contributed by atoms with E-state index in [1.807, 2.05) is 24.3 Å². The predicted molar refractivity (Wildman–Crippen MR) is 80.2 cm³/mol. The van der Waals surface area contributed by atoms with E-state index in [2.05, 4.69) is 19.2 Å². The van der Waals surface area contributed by atoms with Crippen LogP contribution in [0.4, 0.5) is 0 Å². The van der Waals surface area contributed by atoms with Gasteiger partial charge in [0.15, 0.2) is 0 Å². The zero-order valence-electron chi connectivity index (χ0n) is 12.1. The van der Waals surface area contributed by atoms with Gasteiger partial charge in [0.1, 0.15) is 0 Å². The Morgan fingerprint density at radius 2 is 2.00 bits per heavy atom. The maximum absolute atomic E-state index is 12.2. The molecule has 0 fully saturated rings. The maximum Gasteiger partial charge on any atom is 0.251 e. The van der Waals surface area contributed by atoms with Gasteiger partial charge in [-0.25, -0.2) is 0 Å². The van der Waals surface area contributed by atoms with Gasteiger partial charge in [0.05, 0.1) is 0 Å². The standard InChI is InChI=1S/C16H26N2O/c1-3-7-13(10-11-17)12-18-16(19)15-9-6-5-8-14(15)4-2/h5-6,8-9,13H,3-4,7,10-12,17H2,1-2H3,(H,18,19). The molecular formula is C16H26N2O. The van der Waals surface area contributed by atoms with E-state index in [-0.39, 0.29) is 5.91 Å². The van der Waals surface area contributed by atoms with Crippen LogP contribution in [0.3, 0.4) is 0 Å². The van der Waals surface area contributed by atoms with Crippen molar-refractivity contribution in [1.82, 2.24) is 5.32 Å². The molecule has 0 aliphatic rings. The summed E-state index contributed by atoms with van der Waals surface area (Å²) in [4.78, 5) is 12.2. The lowest BCUT2D eigenvalue weighted by atomic mass is 9.99. The largest absolute Gasteiger partial charge is 0.352 e. The van der Waals surface area contributed by atoms with Gasteiger partial charge in [-0.3, -0.25) is 4.79 Å². The van der Waals surface area contributed by atoms with E-state index in [1.54, 1.807) is 0 Å². The fraction of sp³-hybridized carbons (Fsp3) is 0.562. The number of hydrogen-bond donors (Lipinski definition) is 2. The summed E-state index contributed by atoms with van der Waals surface area (Å²) in [6.45, 7) is 5.64. The highest BCUT2D eigenvalue weighted by molar-refractivity contribution is 5.95. The number of amides is 1. The molecule has 0 saturated heterocycles. The minimum absolute atomic E-state index is 0.0376. The molecule has 1 rings (SSSR count). The van der Waals surface area contributed by atoms with Crippen LogP contribution in [-0.2, 0) is 6.42 Å². The third-order valence-electron chi connectivity index (χ3n) is 3.47. The summed E-state index contributed by atoms with van der Waals surface area (Å²) in [6.07, 6.45) is 4.10. The molecule has 3 nitrogen and oxygen atoms in total. The van der Waals surface area contributed by atoms with Crippen LogP contribution in [-0.4, -0.2) is 19.0 Å². The van der Waals surface area contributed by atoms with Crippen molar-refractivity contribution < 1.29 is 4.79 Å². The number of benzene rings is 1. The minimum Gasteiger partial charge on any atom is -0.352 e. The van der Waals surface area contributed by atoms with Crippen LogP contribution in [0.15, 0.2) is 24.3 Å². The summed E-state index contributed by atoms with van der Waals surface area (Å²) >= 11 is 0. The lowest BCUT2D eigenvalue weighted by Gasteiger charge is -2.16. The lowest BCUT2D eigenvalue weighted by molar-refractivity contribution is 0.0944. The van der Waals surface area contributed by atoms with E-state index in [1.165, 1.54) is 0 Å². The second-order valence-corrected chi connectivity index (χ2v) is 4.95. The van der Waals surface area contributed by atoms with Crippen molar-refractivity contribution in [3.63, 3.8) is 0 Å². The molecular weight excluding hydrogens is 236 g/mol. The van der Waals surface area contributed by atoms with E-state index in [0.29, 0.717) is 12.5 Å². The Balaban J connectivity index is 2.58. The van der Waals surface area contributed by atoms with Gasteiger partial charge >= 0.3 is 0 Å². The van der Waals surface area contributed by atoms with Crippen molar-refractivity contribution in [1.29, 1.82) is 0 Å². The number of hydrogen-bond acceptors (Lipinski definition) is 2. The molecule has 1 atom stereocenters. The Morgan fingerprint density at radius 3 is 2.63 bits per heavy atom. The average Bonchev–Trinajstić information content (AvgIpc) is 2.44. The third kappa shape index (κ3) is 5.03. The smallest absolute Gasteiger partial charge is 0.251 e. The molecule has 0 aromatic heterocycles. The summed E-state index contributed by atoms with van der Waals surface area (Å²) in [5, 5.41) is 3.05. The molecule has 0 heterocycles. The Hall–Kier alpha value is -1.35. The zero-order chi connectivity index (χ0) is 14.1. The maximum atomic E-state index is 12.2. The van der Waals surface area contributed by atoms with Gasteiger partial charge in [0.2, 0.25) is 0 Å². The van der Waals surface area contributed by atoms with Crippen molar-refractivity contribution in [2.45, 2.75) is 39.5 Å². The highest BCUT2D eigenvalue weighted by Gasteiger charge is 2.12. The van der Waals surface area contributed by atoms with Gasteiger partial charge in [0.25, 0.3) is 5.91 Å². The highest BCUT2D eigenvalue weighted by atomic mass is 16.1. The summed E-state index contributed by atoms with van der Waals surface area (Å²) in [6, 6.07) is 7.80. The van der Waals surface area contributed by atoms with E-state index in [9.17, 15) is 4.79 Å². The molecule has 19 heavy (non-hydrogen) atoms. The topological polar surface area (TPSA) is 55.1 Å². The van der Waals surface area contributed by atoms with Gasteiger partial charge < -0.3 is 11.1 Å². The molecule has 3 heteroatoms. The molecule has 1 amide bonds. The Kier molecular flexibility index (Phi) is 7.19. The SMILES string of the molecule is CCCC(CCN)CNC(=O)c1ccccc1CC. The van der Waals surface area contributed by atoms with E-state index in [4.69, 9.17) is 5.73 Å². The molecule has 0 aliphatic heterocycles. The van der Waals surface area contributed by atoms with Gasteiger partial charge in [-0.2, -0.15) is 0 Å². The van der Waals surface area contributed by atoms with Crippen molar-refractivity contribution in [2.24, 2.45) is 11.7 Å². The number of carbonyl (C=O) groups excluding carboxylic acids is 1. The first-order valence-corrected chi connectivity index (χ1v) is 7.29. The monoisotopic (exact) mass is 262 g/mol. The molecule has 0 saturated carbocycles. The average molecular weight is 262 g/mol.